The van der Waals surface area contributed by atoms with E-state index in [1.807, 2.05) is 7.05 Å². The summed E-state index contributed by atoms with van der Waals surface area (Å²) in [6.45, 7) is 1.65. The van der Waals surface area contributed by atoms with Gasteiger partial charge in [-0.15, -0.1) is 0 Å². The second-order valence-electron chi connectivity index (χ2n) is 4.47. The van der Waals surface area contributed by atoms with Crippen LogP contribution in [0.5, 0.6) is 0 Å². The molecule has 1 unspecified atom stereocenters. The van der Waals surface area contributed by atoms with Gasteiger partial charge in [-0.3, -0.25) is 4.79 Å². The van der Waals surface area contributed by atoms with Crippen LogP contribution in [0.2, 0.25) is 0 Å². The van der Waals surface area contributed by atoms with Crippen LogP contribution in [-0.4, -0.2) is 30.9 Å². The number of nitrogen functional groups attached to an aromatic ring is 1. The lowest BCUT2D eigenvalue weighted by Gasteiger charge is -2.12. The molecule has 1 aromatic carbocycles. The van der Waals surface area contributed by atoms with Gasteiger partial charge in [-0.05, 0) is 38.2 Å². The maximum atomic E-state index is 13.0. The first-order valence-corrected chi connectivity index (χ1v) is 5.60. The molecule has 1 atom stereocenters. The molecule has 1 aromatic rings. The average molecular weight is 237 g/mol. The van der Waals surface area contributed by atoms with Crippen LogP contribution < -0.4 is 11.1 Å². The minimum Gasteiger partial charge on any atom is -0.397 e. The van der Waals surface area contributed by atoms with Crippen molar-refractivity contribution >= 4 is 17.3 Å². The Morgan fingerprint density at radius 1 is 1.59 bits per heavy atom. The van der Waals surface area contributed by atoms with Crippen molar-refractivity contribution in [3.8, 4) is 0 Å². The number of rotatable bonds is 2. The third-order valence-electron chi connectivity index (χ3n) is 3.04. The van der Waals surface area contributed by atoms with E-state index in [9.17, 15) is 9.18 Å². The number of likely N-dealkylation sites (tertiary alicyclic amines) is 1. The summed E-state index contributed by atoms with van der Waals surface area (Å²) in [5.74, 6) is -0.535. The summed E-state index contributed by atoms with van der Waals surface area (Å²) < 4.78 is 13.0. The van der Waals surface area contributed by atoms with Crippen molar-refractivity contribution in [2.45, 2.75) is 6.42 Å². The molecule has 2 rings (SSSR count). The van der Waals surface area contributed by atoms with Crippen molar-refractivity contribution in [1.29, 1.82) is 0 Å². The van der Waals surface area contributed by atoms with E-state index >= 15 is 0 Å². The zero-order valence-electron chi connectivity index (χ0n) is 9.74. The molecule has 1 aliphatic rings. The van der Waals surface area contributed by atoms with Gasteiger partial charge >= 0.3 is 0 Å². The molecule has 1 saturated heterocycles. The Morgan fingerprint density at radius 2 is 2.35 bits per heavy atom. The Labute approximate surface area is 99.6 Å². The highest BCUT2D eigenvalue weighted by molar-refractivity contribution is 5.95. The molecule has 0 aromatic heterocycles. The summed E-state index contributed by atoms with van der Waals surface area (Å²) in [6, 6.07) is 3.96. The van der Waals surface area contributed by atoms with E-state index in [2.05, 4.69) is 10.2 Å². The number of hydrogen-bond acceptors (Lipinski definition) is 3. The van der Waals surface area contributed by atoms with Crippen molar-refractivity contribution in [2.75, 3.05) is 31.2 Å². The highest BCUT2D eigenvalue weighted by Crippen LogP contribution is 2.22. The smallest absolute Gasteiger partial charge is 0.228 e. The maximum Gasteiger partial charge on any atom is 0.228 e. The molecule has 0 saturated carbocycles. The van der Waals surface area contributed by atoms with E-state index in [0.717, 1.165) is 19.5 Å². The van der Waals surface area contributed by atoms with E-state index in [-0.39, 0.29) is 11.8 Å². The largest absolute Gasteiger partial charge is 0.397 e. The summed E-state index contributed by atoms with van der Waals surface area (Å²) in [6.07, 6.45) is 0.831. The number of nitrogens with zero attached hydrogens (tertiary/aromatic N) is 1. The summed E-state index contributed by atoms with van der Waals surface area (Å²) in [4.78, 5) is 14.0. The Kier molecular flexibility index (Phi) is 3.28. The summed E-state index contributed by atoms with van der Waals surface area (Å²) in [7, 11) is 1.98. The molecular weight excluding hydrogens is 221 g/mol. The van der Waals surface area contributed by atoms with Gasteiger partial charge in [0.05, 0.1) is 17.3 Å². The Morgan fingerprint density at radius 3 is 3.00 bits per heavy atom. The number of amides is 1. The first-order valence-electron chi connectivity index (χ1n) is 5.60. The fourth-order valence-electron chi connectivity index (χ4n) is 2.02. The minimum atomic E-state index is -0.405. The number of anilines is 2. The Hall–Kier alpha value is -1.62. The van der Waals surface area contributed by atoms with Crippen LogP contribution in [0.25, 0.3) is 0 Å². The molecule has 1 aliphatic heterocycles. The third-order valence-corrected chi connectivity index (χ3v) is 3.04. The number of nitrogens with one attached hydrogen (secondary N) is 1. The Bertz CT molecular complexity index is 436. The molecule has 1 fully saturated rings. The Balaban J connectivity index is 2.05. The molecule has 1 amide bonds. The van der Waals surface area contributed by atoms with Gasteiger partial charge in [0.2, 0.25) is 5.91 Å². The second-order valence-corrected chi connectivity index (χ2v) is 4.47. The van der Waals surface area contributed by atoms with Crippen LogP contribution in [0.15, 0.2) is 18.2 Å². The SMILES string of the molecule is CN1CCC(C(=O)Nc2cc(F)ccc2N)C1. The second kappa shape index (κ2) is 4.71. The van der Waals surface area contributed by atoms with Crippen LogP contribution in [-0.2, 0) is 4.79 Å². The number of nitrogens with two attached hydrogens (primary N) is 1. The van der Waals surface area contributed by atoms with Crippen LogP contribution in [0.1, 0.15) is 6.42 Å². The molecule has 4 nitrogen and oxygen atoms in total. The number of carbonyl (C=O) groups excluding carboxylic acids is 1. The van der Waals surface area contributed by atoms with Gasteiger partial charge in [0.1, 0.15) is 5.82 Å². The standard InChI is InChI=1S/C12H16FN3O/c1-16-5-4-8(7-16)12(17)15-11-6-9(13)2-3-10(11)14/h2-3,6,8H,4-5,7,14H2,1H3,(H,15,17). The predicted molar refractivity (Wildman–Crippen MR) is 65.0 cm³/mol. The topological polar surface area (TPSA) is 58.4 Å². The quantitative estimate of drug-likeness (QED) is 0.762. The molecule has 5 heteroatoms. The van der Waals surface area contributed by atoms with Crippen LogP contribution in [0, 0.1) is 11.7 Å². The van der Waals surface area contributed by atoms with Crippen LogP contribution in [0.3, 0.4) is 0 Å². The number of hydrogen-bond donors (Lipinski definition) is 2. The first-order chi connectivity index (χ1) is 8.06. The fourth-order valence-corrected chi connectivity index (χ4v) is 2.02. The van der Waals surface area contributed by atoms with Crippen molar-refractivity contribution < 1.29 is 9.18 Å². The van der Waals surface area contributed by atoms with Crippen LogP contribution >= 0.6 is 0 Å². The normalized spacial score (nSPS) is 20.5. The lowest BCUT2D eigenvalue weighted by atomic mass is 10.1. The van der Waals surface area contributed by atoms with Gasteiger partial charge in [0.25, 0.3) is 0 Å². The lowest BCUT2D eigenvalue weighted by Crippen LogP contribution is -2.25. The van der Waals surface area contributed by atoms with E-state index in [4.69, 9.17) is 5.73 Å². The van der Waals surface area contributed by atoms with Crippen molar-refractivity contribution in [3.05, 3.63) is 24.0 Å². The summed E-state index contributed by atoms with van der Waals surface area (Å²) in [5, 5.41) is 2.68. The highest BCUT2D eigenvalue weighted by atomic mass is 19.1. The minimum absolute atomic E-state index is 0.0392. The van der Waals surface area contributed by atoms with Gasteiger partial charge in [-0.1, -0.05) is 0 Å². The van der Waals surface area contributed by atoms with Gasteiger partial charge in [-0.25, -0.2) is 4.39 Å². The van der Waals surface area contributed by atoms with Gasteiger partial charge in [0.15, 0.2) is 0 Å². The monoisotopic (exact) mass is 237 g/mol. The first kappa shape index (κ1) is 11.9. The lowest BCUT2D eigenvalue weighted by molar-refractivity contribution is -0.119. The van der Waals surface area contributed by atoms with E-state index < -0.39 is 5.82 Å². The molecular formula is C12H16FN3O. The van der Waals surface area contributed by atoms with Crippen LogP contribution in [0.4, 0.5) is 15.8 Å². The van der Waals surface area contributed by atoms with E-state index in [1.165, 1.54) is 18.2 Å². The molecule has 0 spiro atoms. The van der Waals surface area contributed by atoms with E-state index in [1.54, 1.807) is 0 Å². The molecule has 1 heterocycles. The van der Waals surface area contributed by atoms with Crippen molar-refractivity contribution in [3.63, 3.8) is 0 Å². The number of carbonyl (C=O) groups is 1. The maximum absolute atomic E-state index is 13.0. The van der Waals surface area contributed by atoms with Crippen molar-refractivity contribution in [2.24, 2.45) is 5.92 Å². The van der Waals surface area contributed by atoms with Gasteiger partial charge in [0, 0.05) is 6.54 Å². The summed E-state index contributed by atoms with van der Waals surface area (Å²) in [5.41, 5.74) is 6.40. The molecule has 3 N–H and O–H groups in total. The predicted octanol–water partition coefficient (Wildman–Crippen LogP) is 1.30. The molecule has 0 radical (unpaired) electrons. The summed E-state index contributed by atoms with van der Waals surface area (Å²) >= 11 is 0. The average Bonchev–Trinajstić information content (AvgIpc) is 2.70. The molecule has 17 heavy (non-hydrogen) atoms. The fraction of sp³-hybridized carbons (Fsp3) is 0.417. The molecule has 0 aliphatic carbocycles. The van der Waals surface area contributed by atoms with Gasteiger partial charge in [-0.2, -0.15) is 0 Å². The third kappa shape index (κ3) is 2.74. The zero-order chi connectivity index (χ0) is 12.4. The van der Waals surface area contributed by atoms with E-state index in [0.29, 0.717) is 11.4 Å². The van der Waals surface area contributed by atoms with Crippen molar-refractivity contribution in [1.82, 2.24) is 4.90 Å². The van der Waals surface area contributed by atoms with Gasteiger partial charge < -0.3 is 16.0 Å². The molecule has 0 bridgehead atoms. The number of halogens is 1. The molecule has 92 valence electrons. The zero-order valence-corrected chi connectivity index (χ0v) is 9.74. The highest BCUT2D eigenvalue weighted by Gasteiger charge is 2.26. The number of benzene rings is 1.